The number of hydrogen-bond donors (Lipinski definition) is 1. The van der Waals surface area contributed by atoms with Crippen LogP contribution in [0.15, 0.2) is 36.5 Å². The number of nitrogens with one attached hydrogen (secondary N) is 1. The predicted octanol–water partition coefficient (Wildman–Crippen LogP) is 2.42. The second kappa shape index (κ2) is 7.90. The Bertz CT molecular complexity index is 1190. The Balaban J connectivity index is 1.36. The molecule has 0 spiro atoms. The van der Waals surface area contributed by atoms with E-state index < -0.39 is 0 Å². The van der Waals surface area contributed by atoms with Gasteiger partial charge in [-0.3, -0.25) is 0 Å². The van der Waals surface area contributed by atoms with Gasteiger partial charge in [-0.2, -0.15) is 10.5 Å². The Labute approximate surface area is 181 Å². The topological polar surface area (TPSA) is 96.8 Å². The Morgan fingerprint density at radius 1 is 0.935 bits per heavy atom. The molecule has 156 valence electrons. The summed E-state index contributed by atoms with van der Waals surface area (Å²) >= 11 is 0. The molecule has 0 aromatic carbocycles. The fourth-order valence-electron chi connectivity index (χ4n) is 4.54. The van der Waals surface area contributed by atoms with Crippen LogP contribution < -0.4 is 15.1 Å². The second-order valence-corrected chi connectivity index (χ2v) is 8.18. The summed E-state index contributed by atoms with van der Waals surface area (Å²) in [6.45, 7) is 3.29. The van der Waals surface area contributed by atoms with Gasteiger partial charge in [-0.1, -0.05) is 6.07 Å². The van der Waals surface area contributed by atoms with Gasteiger partial charge in [0, 0.05) is 49.8 Å². The number of anilines is 2. The van der Waals surface area contributed by atoms with Gasteiger partial charge in [0.25, 0.3) is 0 Å². The van der Waals surface area contributed by atoms with E-state index >= 15 is 0 Å². The molecule has 1 saturated heterocycles. The van der Waals surface area contributed by atoms with Crippen molar-refractivity contribution < 1.29 is 0 Å². The van der Waals surface area contributed by atoms with E-state index in [4.69, 9.17) is 10.2 Å². The van der Waals surface area contributed by atoms with Crippen LogP contribution in [0.5, 0.6) is 0 Å². The second-order valence-electron chi connectivity index (χ2n) is 8.18. The Kier molecular flexibility index (Phi) is 4.93. The number of aromatic nitrogens is 3. The number of nitrogens with zero attached hydrogens (tertiary/aromatic N) is 7. The lowest BCUT2D eigenvalue weighted by Crippen LogP contribution is -2.47. The molecule has 0 amide bonds. The quantitative estimate of drug-likeness (QED) is 0.703. The highest BCUT2D eigenvalue weighted by Crippen LogP contribution is 2.36. The van der Waals surface area contributed by atoms with Crippen LogP contribution in [0.1, 0.15) is 30.1 Å². The van der Waals surface area contributed by atoms with Gasteiger partial charge in [-0.25, -0.2) is 9.97 Å². The van der Waals surface area contributed by atoms with Crippen LogP contribution in [0, 0.1) is 22.7 Å². The van der Waals surface area contributed by atoms with Gasteiger partial charge in [-0.05, 0) is 44.2 Å². The zero-order valence-corrected chi connectivity index (χ0v) is 17.5. The average molecular weight is 413 g/mol. The van der Waals surface area contributed by atoms with Crippen molar-refractivity contribution in [3.63, 3.8) is 0 Å². The van der Waals surface area contributed by atoms with Gasteiger partial charge >= 0.3 is 0 Å². The molecule has 1 aliphatic carbocycles. The maximum atomic E-state index is 9.57. The zero-order valence-electron chi connectivity index (χ0n) is 17.5. The summed E-state index contributed by atoms with van der Waals surface area (Å²) in [7, 11) is 2.00. The van der Waals surface area contributed by atoms with Gasteiger partial charge in [0.15, 0.2) is 0 Å². The molecule has 31 heavy (non-hydrogen) atoms. The minimum atomic E-state index is 0.389. The molecule has 5 rings (SSSR count). The summed E-state index contributed by atoms with van der Waals surface area (Å²) in [5.41, 5.74) is 2.03. The molecule has 8 nitrogen and oxygen atoms in total. The predicted molar refractivity (Wildman–Crippen MR) is 119 cm³/mol. The van der Waals surface area contributed by atoms with Crippen LogP contribution in [0.25, 0.3) is 11.0 Å². The highest BCUT2D eigenvalue weighted by Gasteiger charge is 2.31. The van der Waals surface area contributed by atoms with Crippen molar-refractivity contribution in [2.45, 2.75) is 24.9 Å². The first-order valence-electron chi connectivity index (χ1n) is 10.7. The molecule has 4 heterocycles. The average Bonchev–Trinajstić information content (AvgIpc) is 3.16. The van der Waals surface area contributed by atoms with Crippen molar-refractivity contribution in [1.29, 1.82) is 10.5 Å². The van der Waals surface area contributed by atoms with Crippen LogP contribution >= 0.6 is 0 Å². The summed E-state index contributed by atoms with van der Waals surface area (Å²) in [6.07, 6.45) is 4.08. The Morgan fingerprint density at radius 3 is 2.29 bits per heavy atom. The van der Waals surface area contributed by atoms with Crippen LogP contribution in [-0.4, -0.2) is 53.8 Å². The van der Waals surface area contributed by atoms with E-state index in [0.29, 0.717) is 23.3 Å². The molecule has 2 fully saturated rings. The fourth-order valence-corrected chi connectivity index (χ4v) is 4.54. The maximum absolute atomic E-state index is 9.57. The molecule has 1 aliphatic heterocycles. The van der Waals surface area contributed by atoms with Crippen LogP contribution in [-0.2, 0) is 0 Å². The fraction of sp³-hybridized carbons (Fsp3) is 0.391. The molecule has 0 bridgehead atoms. The van der Waals surface area contributed by atoms with Gasteiger partial charge < -0.3 is 19.7 Å². The molecule has 2 aliphatic rings. The van der Waals surface area contributed by atoms with E-state index in [2.05, 4.69) is 36.8 Å². The monoisotopic (exact) mass is 412 g/mol. The van der Waals surface area contributed by atoms with E-state index in [1.54, 1.807) is 6.07 Å². The van der Waals surface area contributed by atoms with Gasteiger partial charge in [-0.15, -0.1) is 0 Å². The van der Waals surface area contributed by atoms with Crippen LogP contribution in [0.4, 0.5) is 11.6 Å². The largest absolute Gasteiger partial charge is 0.353 e. The lowest BCUT2D eigenvalue weighted by molar-refractivity contribution is 0.240. The Morgan fingerprint density at radius 2 is 1.65 bits per heavy atom. The van der Waals surface area contributed by atoms with E-state index in [-0.39, 0.29) is 0 Å². The number of pyridine rings is 2. The first-order chi connectivity index (χ1) is 15.2. The van der Waals surface area contributed by atoms with E-state index in [1.807, 2.05) is 37.5 Å². The highest BCUT2D eigenvalue weighted by molar-refractivity contribution is 5.85. The van der Waals surface area contributed by atoms with Gasteiger partial charge in [0.05, 0.1) is 5.56 Å². The first-order valence-corrected chi connectivity index (χ1v) is 10.7. The summed E-state index contributed by atoms with van der Waals surface area (Å²) in [6, 6.07) is 15.0. The standard InChI is InChI=1S/C23H24N8/c1-26-18-11-19(12-18)31-15-16(13-24)20-5-6-22(28-23(20)31)30-9-7-29(8-10-30)21-4-2-3-17(14-25)27-21/h2-6,15,18-19,26H,7-12H2,1H3. The minimum absolute atomic E-state index is 0.389. The molecule has 0 unspecified atom stereocenters. The molecule has 1 N–H and O–H groups in total. The smallest absolute Gasteiger partial charge is 0.143 e. The van der Waals surface area contributed by atoms with Crippen LogP contribution in [0.3, 0.4) is 0 Å². The lowest BCUT2D eigenvalue weighted by Gasteiger charge is -2.37. The van der Waals surface area contributed by atoms with Crippen LogP contribution in [0.2, 0.25) is 0 Å². The molecular formula is C23H24N8. The number of rotatable bonds is 4. The van der Waals surface area contributed by atoms with Crippen molar-refractivity contribution >= 4 is 22.7 Å². The summed E-state index contributed by atoms with van der Waals surface area (Å²) in [5, 5.41) is 22.9. The third kappa shape index (κ3) is 3.45. The molecule has 3 aromatic heterocycles. The van der Waals surface area contributed by atoms with Crippen molar-refractivity contribution in [2.75, 3.05) is 43.0 Å². The Hall–Kier alpha value is -3.62. The molecule has 0 atom stereocenters. The van der Waals surface area contributed by atoms with E-state index in [0.717, 1.165) is 61.7 Å². The first kappa shape index (κ1) is 19.3. The number of fused-ring (bicyclic) bond motifs is 1. The summed E-state index contributed by atoms with van der Waals surface area (Å²) < 4.78 is 2.19. The molecule has 1 saturated carbocycles. The van der Waals surface area contributed by atoms with E-state index in [1.165, 1.54) is 0 Å². The summed E-state index contributed by atoms with van der Waals surface area (Å²) in [4.78, 5) is 13.9. The third-order valence-corrected chi connectivity index (χ3v) is 6.48. The highest BCUT2D eigenvalue weighted by atomic mass is 15.3. The molecule has 0 radical (unpaired) electrons. The van der Waals surface area contributed by atoms with Gasteiger partial charge in [0.2, 0.25) is 0 Å². The molecule has 8 heteroatoms. The lowest BCUT2D eigenvalue weighted by atomic mass is 9.87. The number of piperazine rings is 1. The zero-order chi connectivity index (χ0) is 21.4. The maximum Gasteiger partial charge on any atom is 0.143 e. The molecular weight excluding hydrogens is 388 g/mol. The normalized spacial score (nSPS) is 20.9. The van der Waals surface area contributed by atoms with Crippen molar-refractivity contribution in [3.8, 4) is 12.1 Å². The SMILES string of the molecule is CNC1CC(n2cc(C#N)c3ccc(N4CCN(c5cccc(C#N)n5)CC4)nc32)C1. The van der Waals surface area contributed by atoms with Crippen molar-refractivity contribution in [2.24, 2.45) is 0 Å². The van der Waals surface area contributed by atoms with Crippen molar-refractivity contribution in [1.82, 2.24) is 19.9 Å². The minimum Gasteiger partial charge on any atom is -0.353 e. The third-order valence-electron chi connectivity index (χ3n) is 6.48. The van der Waals surface area contributed by atoms with E-state index in [9.17, 15) is 5.26 Å². The number of nitriles is 2. The van der Waals surface area contributed by atoms with Gasteiger partial charge in [0.1, 0.15) is 35.1 Å². The van der Waals surface area contributed by atoms with Crippen molar-refractivity contribution in [3.05, 3.63) is 47.8 Å². The number of hydrogen-bond acceptors (Lipinski definition) is 7. The molecule has 3 aromatic rings. The summed E-state index contributed by atoms with van der Waals surface area (Å²) in [5.74, 6) is 1.79.